The van der Waals surface area contributed by atoms with Crippen LogP contribution in [-0.4, -0.2) is 18.0 Å². The molecule has 0 fully saturated rings. The lowest BCUT2D eigenvalue weighted by atomic mass is 10.0. The highest BCUT2D eigenvalue weighted by Gasteiger charge is 2.13. The van der Waals surface area contributed by atoms with Gasteiger partial charge in [0.05, 0.1) is 4.92 Å². The van der Waals surface area contributed by atoms with Crippen molar-refractivity contribution >= 4 is 23.5 Å². The third-order valence-corrected chi connectivity index (χ3v) is 8.18. The summed E-state index contributed by atoms with van der Waals surface area (Å²) < 4.78 is 13.9. The average Bonchev–Trinajstić information content (AvgIpc) is 3.02. The molecule has 0 aliphatic rings. The van der Waals surface area contributed by atoms with Crippen molar-refractivity contribution in [1.82, 2.24) is 0 Å². The Labute approximate surface area is 259 Å². The summed E-state index contributed by atoms with van der Waals surface area (Å²) in [5.74, 6) is -0.825. The van der Waals surface area contributed by atoms with Crippen LogP contribution in [0.2, 0.25) is 0 Å². The van der Waals surface area contributed by atoms with Gasteiger partial charge in [0.2, 0.25) is 5.82 Å². The number of unbranched alkanes of at least 4 members (excludes halogenated alkanes) is 12. The standard InChI is InChI=1S/C38H51FN2O2/c1-3-5-7-9-11-13-15-29-40(30-16-14-12-10-8-6-4-2)36-26-24-35(25-27-36)34-22-19-32(20-23-34)17-18-33-21-28-38(41(42)43)37(39)31-33/h17-28,31H,3-16,29-30H2,1-2H3/b18-17+. The Bertz CT molecular complexity index is 1220. The first kappa shape index (κ1) is 34.0. The first-order chi connectivity index (χ1) is 21.0. The van der Waals surface area contributed by atoms with Gasteiger partial charge in [0.25, 0.3) is 0 Å². The molecule has 0 aliphatic carbocycles. The Kier molecular flexibility index (Phi) is 15.6. The van der Waals surface area contributed by atoms with Gasteiger partial charge in [-0.2, -0.15) is 4.39 Å². The number of rotatable bonds is 21. The maximum absolute atomic E-state index is 13.9. The van der Waals surface area contributed by atoms with Crippen molar-refractivity contribution in [3.05, 3.63) is 93.8 Å². The lowest BCUT2D eigenvalue weighted by Crippen LogP contribution is -2.25. The molecule has 0 heterocycles. The predicted octanol–water partition coefficient (Wildman–Crippen LogP) is 11.9. The fraction of sp³-hybridized carbons (Fsp3) is 0.474. The molecule has 0 atom stereocenters. The highest BCUT2D eigenvalue weighted by molar-refractivity contribution is 5.73. The molecule has 4 nitrogen and oxygen atoms in total. The summed E-state index contributed by atoms with van der Waals surface area (Å²) in [7, 11) is 0. The van der Waals surface area contributed by atoms with Gasteiger partial charge in [-0.3, -0.25) is 10.1 Å². The molecule has 5 heteroatoms. The van der Waals surface area contributed by atoms with Crippen molar-refractivity contribution in [2.24, 2.45) is 0 Å². The molecule has 0 unspecified atom stereocenters. The molecule has 0 saturated heterocycles. The van der Waals surface area contributed by atoms with Crippen LogP contribution in [0.5, 0.6) is 0 Å². The third kappa shape index (κ3) is 12.3. The van der Waals surface area contributed by atoms with Gasteiger partial charge in [-0.1, -0.05) is 139 Å². The normalized spacial score (nSPS) is 11.3. The van der Waals surface area contributed by atoms with Gasteiger partial charge < -0.3 is 4.90 Å². The number of nitro benzene ring substituents is 1. The number of benzene rings is 3. The quantitative estimate of drug-likeness (QED) is 0.0540. The van der Waals surface area contributed by atoms with Crippen molar-refractivity contribution < 1.29 is 9.31 Å². The molecule has 0 saturated carbocycles. The van der Waals surface area contributed by atoms with E-state index in [-0.39, 0.29) is 0 Å². The minimum atomic E-state index is -0.825. The first-order valence-electron chi connectivity index (χ1n) is 16.6. The van der Waals surface area contributed by atoms with Crippen LogP contribution in [0.4, 0.5) is 15.8 Å². The molecular formula is C38H51FN2O2. The van der Waals surface area contributed by atoms with Gasteiger partial charge in [-0.05, 0) is 59.4 Å². The van der Waals surface area contributed by atoms with Crippen LogP contribution in [-0.2, 0) is 0 Å². The summed E-state index contributed by atoms with van der Waals surface area (Å²) in [6, 6.07) is 21.2. The molecular weight excluding hydrogens is 535 g/mol. The molecule has 0 aliphatic heterocycles. The molecule has 3 aromatic carbocycles. The van der Waals surface area contributed by atoms with E-state index in [1.54, 1.807) is 12.1 Å². The van der Waals surface area contributed by atoms with Crippen LogP contribution in [0.25, 0.3) is 23.3 Å². The number of hydrogen-bond donors (Lipinski definition) is 0. The summed E-state index contributed by atoms with van der Waals surface area (Å²) in [4.78, 5) is 12.7. The molecule has 0 spiro atoms. The second kappa shape index (κ2) is 19.7. The minimum Gasteiger partial charge on any atom is -0.372 e. The lowest BCUT2D eigenvalue weighted by Gasteiger charge is -2.25. The van der Waals surface area contributed by atoms with Crippen molar-refractivity contribution in [3.63, 3.8) is 0 Å². The molecule has 43 heavy (non-hydrogen) atoms. The van der Waals surface area contributed by atoms with E-state index in [0.29, 0.717) is 5.56 Å². The molecule has 0 bridgehead atoms. The van der Waals surface area contributed by atoms with Gasteiger partial charge in [-0.25, -0.2) is 0 Å². The maximum Gasteiger partial charge on any atom is 0.304 e. The van der Waals surface area contributed by atoms with Crippen molar-refractivity contribution in [1.29, 1.82) is 0 Å². The van der Waals surface area contributed by atoms with Crippen molar-refractivity contribution in [2.75, 3.05) is 18.0 Å². The number of nitrogens with zero attached hydrogens (tertiary/aromatic N) is 2. The highest BCUT2D eigenvalue weighted by Crippen LogP contribution is 2.26. The summed E-state index contributed by atoms with van der Waals surface area (Å²) in [5, 5.41) is 10.8. The molecule has 0 amide bonds. The Morgan fingerprint density at radius 1 is 0.628 bits per heavy atom. The Morgan fingerprint density at radius 2 is 1.07 bits per heavy atom. The molecule has 0 aromatic heterocycles. The van der Waals surface area contributed by atoms with Crippen LogP contribution < -0.4 is 4.90 Å². The Balaban J connectivity index is 1.57. The van der Waals surface area contributed by atoms with Crippen LogP contribution in [0.15, 0.2) is 66.7 Å². The van der Waals surface area contributed by atoms with Crippen molar-refractivity contribution in [2.45, 2.75) is 104 Å². The highest BCUT2D eigenvalue weighted by atomic mass is 19.1. The first-order valence-corrected chi connectivity index (χ1v) is 16.6. The van der Waals surface area contributed by atoms with E-state index in [0.717, 1.165) is 24.2 Å². The van der Waals surface area contributed by atoms with E-state index < -0.39 is 16.4 Å². The Hall–Kier alpha value is -3.47. The summed E-state index contributed by atoms with van der Waals surface area (Å²) >= 11 is 0. The zero-order valence-electron chi connectivity index (χ0n) is 26.4. The second-order valence-electron chi connectivity index (χ2n) is 11.7. The SMILES string of the molecule is CCCCCCCCCN(CCCCCCCCC)c1ccc(-c2ccc(/C=C/c3ccc([N+](=O)[O-])c(F)c3)cc2)cc1. The fourth-order valence-corrected chi connectivity index (χ4v) is 5.51. The number of anilines is 1. The van der Waals surface area contributed by atoms with E-state index in [9.17, 15) is 14.5 Å². The summed E-state index contributed by atoms with van der Waals surface area (Å²) in [5.41, 5.74) is 4.70. The third-order valence-electron chi connectivity index (χ3n) is 8.18. The largest absolute Gasteiger partial charge is 0.372 e. The zero-order valence-corrected chi connectivity index (χ0v) is 26.4. The number of hydrogen-bond acceptors (Lipinski definition) is 3. The van der Waals surface area contributed by atoms with Crippen LogP contribution in [0.1, 0.15) is 115 Å². The van der Waals surface area contributed by atoms with E-state index in [1.165, 1.54) is 113 Å². The number of nitro groups is 1. The predicted molar refractivity (Wildman–Crippen MR) is 182 cm³/mol. The van der Waals surface area contributed by atoms with Crippen LogP contribution >= 0.6 is 0 Å². The van der Waals surface area contributed by atoms with Gasteiger partial charge in [0, 0.05) is 24.8 Å². The van der Waals surface area contributed by atoms with Crippen LogP contribution in [0, 0.1) is 15.9 Å². The Morgan fingerprint density at radius 3 is 1.56 bits per heavy atom. The maximum atomic E-state index is 13.9. The molecule has 3 aromatic rings. The van der Waals surface area contributed by atoms with Gasteiger partial charge in [0.15, 0.2) is 0 Å². The van der Waals surface area contributed by atoms with Gasteiger partial charge >= 0.3 is 5.69 Å². The van der Waals surface area contributed by atoms with E-state index in [1.807, 2.05) is 18.2 Å². The van der Waals surface area contributed by atoms with Crippen LogP contribution in [0.3, 0.4) is 0 Å². The van der Waals surface area contributed by atoms with Gasteiger partial charge in [-0.15, -0.1) is 0 Å². The minimum absolute atomic E-state index is 0.508. The van der Waals surface area contributed by atoms with E-state index in [4.69, 9.17) is 0 Å². The zero-order chi connectivity index (χ0) is 30.7. The summed E-state index contributed by atoms with van der Waals surface area (Å²) in [6.45, 7) is 6.80. The van der Waals surface area contributed by atoms with E-state index >= 15 is 0 Å². The molecule has 3 rings (SSSR count). The van der Waals surface area contributed by atoms with Gasteiger partial charge in [0.1, 0.15) is 0 Å². The second-order valence-corrected chi connectivity index (χ2v) is 11.7. The lowest BCUT2D eigenvalue weighted by molar-refractivity contribution is -0.387. The molecule has 232 valence electrons. The van der Waals surface area contributed by atoms with E-state index in [2.05, 4.69) is 55.1 Å². The summed E-state index contributed by atoms with van der Waals surface area (Å²) in [6.07, 6.45) is 22.3. The molecule has 0 radical (unpaired) electrons. The topological polar surface area (TPSA) is 46.4 Å². The smallest absolute Gasteiger partial charge is 0.304 e. The van der Waals surface area contributed by atoms with Crippen molar-refractivity contribution in [3.8, 4) is 11.1 Å². The number of halogens is 1. The molecule has 0 N–H and O–H groups in total. The fourth-order valence-electron chi connectivity index (χ4n) is 5.51. The average molecular weight is 587 g/mol. The monoisotopic (exact) mass is 586 g/mol.